The van der Waals surface area contributed by atoms with Gasteiger partial charge < -0.3 is 5.32 Å². The second kappa shape index (κ2) is 3.83. The molecular formula is C10H8FN3. The predicted molar refractivity (Wildman–Crippen MR) is 51.7 cm³/mol. The highest BCUT2D eigenvalue weighted by Crippen LogP contribution is 2.15. The molecule has 0 aliphatic heterocycles. The molecule has 0 radical (unpaired) electrons. The van der Waals surface area contributed by atoms with Crippen LogP contribution in [-0.4, -0.2) is 9.97 Å². The topological polar surface area (TPSA) is 37.8 Å². The Morgan fingerprint density at radius 2 is 1.93 bits per heavy atom. The smallest absolute Gasteiger partial charge is 0.184 e. The van der Waals surface area contributed by atoms with Gasteiger partial charge in [-0.15, -0.1) is 0 Å². The normalized spacial score (nSPS) is 9.79. The number of anilines is 2. The molecule has 70 valence electrons. The van der Waals surface area contributed by atoms with Crippen LogP contribution in [0.25, 0.3) is 0 Å². The number of benzene rings is 1. The van der Waals surface area contributed by atoms with Gasteiger partial charge in [0, 0.05) is 5.69 Å². The van der Waals surface area contributed by atoms with E-state index in [-0.39, 0.29) is 5.82 Å². The van der Waals surface area contributed by atoms with E-state index in [0.29, 0.717) is 0 Å². The molecule has 1 heterocycles. The molecule has 0 atom stereocenters. The highest BCUT2D eigenvalue weighted by molar-refractivity contribution is 5.55. The highest BCUT2D eigenvalue weighted by Gasteiger charge is 2.01. The van der Waals surface area contributed by atoms with Crippen LogP contribution in [0.15, 0.2) is 42.9 Å². The third-order valence-electron chi connectivity index (χ3n) is 1.70. The number of para-hydroxylation sites is 1. The third kappa shape index (κ3) is 1.85. The van der Waals surface area contributed by atoms with Crippen molar-refractivity contribution in [2.24, 2.45) is 0 Å². The lowest BCUT2D eigenvalue weighted by Gasteiger charge is -2.04. The number of hydrogen-bond donors (Lipinski definition) is 1. The lowest BCUT2D eigenvalue weighted by molar-refractivity contribution is 0.619. The van der Waals surface area contributed by atoms with Crippen LogP contribution in [0.5, 0.6) is 0 Å². The molecule has 4 heteroatoms. The number of aromatic nitrogens is 2. The highest BCUT2D eigenvalue weighted by atomic mass is 19.1. The zero-order valence-electron chi connectivity index (χ0n) is 7.31. The monoisotopic (exact) mass is 189 g/mol. The van der Waals surface area contributed by atoms with Gasteiger partial charge >= 0.3 is 0 Å². The number of halogens is 1. The van der Waals surface area contributed by atoms with E-state index in [1.54, 1.807) is 0 Å². The van der Waals surface area contributed by atoms with Crippen molar-refractivity contribution >= 4 is 11.5 Å². The summed E-state index contributed by atoms with van der Waals surface area (Å²) >= 11 is 0. The van der Waals surface area contributed by atoms with Gasteiger partial charge in [0.15, 0.2) is 11.6 Å². The molecule has 2 rings (SSSR count). The van der Waals surface area contributed by atoms with Crippen molar-refractivity contribution in [2.75, 3.05) is 5.32 Å². The van der Waals surface area contributed by atoms with Gasteiger partial charge in [-0.3, -0.25) is 0 Å². The minimum Gasteiger partial charge on any atom is -0.338 e. The van der Waals surface area contributed by atoms with Gasteiger partial charge in [0.25, 0.3) is 0 Å². The van der Waals surface area contributed by atoms with E-state index in [0.717, 1.165) is 11.9 Å². The molecule has 1 N–H and O–H groups in total. The zero-order chi connectivity index (χ0) is 9.80. The van der Waals surface area contributed by atoms with Gasteiger partial charge in [0.2, 0.25) is 0 Å². The van der Waals surface area contributed by atoms with E-state index in [1.807, 2.05) is 30.3 Å². The van der Waals surface area contributed by atoms with E-state index < -0.39 is 5.82 Å². The zero-order valence-corrected chi connectivity index (χ0v) is 7.31. The van der Waals surface area contributed by atoms with E-state index >= 15 is 0 Å². The summed E-state index contributed by atoms with van der Waals surface area (Å²) in [5, 5.41) is 2.85. The minimum atomic E-state index is -0.462. The fourth-order valence-corrected chi connectivity index (χ4v) is 1.06. The van der Waals surface area contributed by atoms with Crippen LogP contribution in [0.4, 0.5) is 15.9 Å². The summed E-state index contributed by atoms with van der Waals surface area (Å²) in [5.74, 6) is -0.275. The molecule has 0 saturated heterocycles. The van der Waals surface area contributed by atoms with Crippen molar-refractivity contribution < 1.29 is 4.39 Å². The Morgan fingerprint density at radius 3 is 2.64 bits per heavy atom. The Labute approximate surface area is 80.6 Å². The summed E-state index contributed by atoms with van der Waals surface area (Å²) in [4.78, 5) is 7.34. The molecule has 0 aliphatic rings. The van der Waals surface area contributed by atoms with Gasteiger partial charge in [0.05, 0.1) is 6.20 Å². The van der Waals surface area contributed by atoms with Crippen molar-refractivity contribution in [1.29, 1.82) is 0 Å². The van der Waals surface area contributed by atoms with Gasteiger partial charge in [-0.25, -0.2) is 14.4 Å². The van der Waals surface area contributed by atoms with Crippen molar-refractivity contribution in [2.45, 2.75) is 0 Å². The standard InChI is InChI=1S/C10H8FN3/c11-9-6-12-7-13-10(9)14-8-4-2-1-3-5-8/h1-7H,(H,12,13,14). The van der Waals surface area contributed by atoms with E-state index in [1.165, 1.54) is 6.33 Å². The maximum atomic E-state index is 13.1. The van der Waals surface area contributed by atoms with Crippen molar-refractivity contribution in [3.05, 3.63) is 48.7 Å². The van der Waals surface area contributed by atoms with Crippen molar-refractivity contribution in [1.82, 2.24) is 9.97 Å². The van der Waals surface area contributed by atoms with Gasteiger partial charge in [-0.05, 0) is 12.1 Å². The average molecular weight is 189 g/mol. The molecule has 14 heavy (non-hydrogen) atoms. The Morgan fingerprint density at radius 1 is 1.14 bits per heavy atom. The van der Waals surface area contributed by atoms with Crippen LogP contribution >= 0.6 is 0 Å². The Kier molecular flexibility index (Phi) is 2.36. The lowest BCUT2D eigenvalue weighted by atomic mass is 10.3. The summed E-state index contributed by atoms with van der Waals surface area (Å²) in [6.45, 7) is 0. The Bertz CT molecular complexity index is 417. The number of nitrogens with one attached hydrogen (secondary N) is 1. The van der Waals surface area contributed by atoms with Gasteiger partial charge in [-0.1, -0.05) is 18.2 Å². The molecule has 0 unspecified atom stereocenters. The maximum absolute atomic E-state index is 13.1. The van der Waals surface area contributed by atoms with E-state index in [2.05, 4.69) is 15.3 Å². The molecule has 0 spiro atoms. The summed E-state index contributed by atoms with van der Waals surface area (Å²) in [6, 6.07) is 9.29. The Hall–Kier alpha value is -1.97. The van der Waals surface area contributed by atoms with Crippen LogP contribution in [-0.2, 0) is 0 Å². The number of nitrogens with zero attached hydrogens (tertiary/aromatic N) is 2. The van der Waals surface area contributed by atoms with Crippen LogP contribution in [0, 0.1) is 5.82 Å². The molecule has 0 saturated carbocycles. The first-order valence-electron chi connectivity index (χ1n) is 4.14. The van der Waals surface area contributed by atoms with Gasteiger partial charge in [0.1, 0.15) is 6.33 Å². The lowest BCUT2D eigenvalue weighted by Crippen LogP contribution is -1.96. The molecule has 1 aromatic carbocycles. The first kappa shape index (κ1) is 8.62. The van der Waals surface area contributed by atoms with Crippen molar-refractivity contribution in [3.8, 4) is 0 Å². The largest absolute Gasteiger partial charge is 0.338 e. The van der Waals surface area contributed by atoms with Crippen LogP contribution < -0.4 is 5.32 Å². The first-order chi connectivity index (χ1) is 6.86. The van der Waals surface area contributed by atoms with Crippen LogP contribution in [0.1, 0.15) is 0 Å². The summed E-state index contributed by atoms with van der Waals surface area (Å²) in [5.41, 5.74) is 0.796. The number of rotatable bonds is 2. The molecule has 0 bridgehead atoms. The summed E-state index contributed by atoms with van der Waals surface area (Å²) in [6.07, 6.45) is 2.42. The Balaban J connectivity index is 2.24. The van der Waals surface area contributed by atoms with Crippen molar-refractivity contribution in [3.63, 3.8) is 0 Å². The molecular weight excluding hydrogens is 181 g/mol. The maximum Gasteiger partial charge on any atom is 0.184 e. The van der Waals surface area contributed by atoms with E-state index in [4.69, 9.17) is 0 Å². The third-order valence-corrected chi connectivity index (χ3v) is 1.70. The van der Waals surface area contributed by atoms with Gasteiger partial charge in [-0.2, -0.15) is 0 Å². The molecule has 0 fully saturated rings. The molecule has 0 amide bonds. The second-order valence-electron chi connectivity index (χ2n) is 2.71. The fourth-order valence-electron chi connectivity index (χ4n) is 1.06. The van der Waals surface area contributed by atoms with Crippen LogP contribution in [0.3, 0.4) is 0 Å². The van der Waals surface area contributed by atoms with E-state index in [9.17, 15) is 4.39 Å². The molecule has 2 aromatic rings. The quantitative estimate of drug-likeness (QED) is 0.788. The SMILES string of the molecule is Fc1cncnc1Nc1ccccc1. The molecule has 3 nitrogen and oxygen atoms in total. The second-order valence-corrected chi connectivity index (χ2v) is 2.71. The molecule has 1 aromatic heterocycles. The van der Waals surface area contributed by atoms with Crippen LogP contribution in [0.2, 0.25) is 0 Å². The molecule has 0 aliphatic carbocycles. The summed E-state index contributed by atoms with van der Waals surface area (Å²) in [7, 11) is 0. The average Bonchev–Trinajstić information content (AvgIpc) is 2.23. The number of hydrogen-bond acceptors (Lipinski definition) is 3. The fraction of sp³-hybridized carbons (Fsp3) is 0. The first-order valence-corrected chi connectivity index (χ1v) is 4.14. The summed E-state index contributed by atoms with van der Waals surface area (Å²) < 4.78 is 13.1. The predicted octanol–water partition coefficient (Wildman–Crippen LogP) is 2.36. The minimum absolute atomic E-state index is 0.186.